The number of aromatic amines is 1. The second-order valence-corrected chi connectivity index (χ2v) is 6.55. The molecule has 0 radical (unpaired) electrons. The predicted octanol–water partition coefficient (Wildman–Crippen LogP) is 1.85. The molecule has 0 aliphatic carbocycles. The number of hydrogen-bond donors (Lipinski definition) is 2. The van der Waals surface area contributed by atoms with Crippen molar-refractivity contribution >= 4 is 28.1 Å². The van der Waals surface area contributed by atoms with Crippen LogP contribution in [0.15, 0.2) is 53.5 Å². The van der Waals surface area contributed by atoms with E-state index >= 15 is 0 Å². The number of para-hydroxylation sites is 1. The minimum atomic E-state index is -0.631. The number of amides is 1. The minimum absolute atomic E-state index is 0.0603. The SMILES string of the molecule is Cc1nnnn1-c1ccc(F)c(NC(=O)c2cnn3c2[nH]c(=O)c2ccccc23)c1. The smallest absolute Gasteiger partial charge is 0.261 e. The molecular weight excluding hydrogens is 391 g/mol. The van der Waals surface area contributed by atoms with Gasteiger partial charge in [0.05, 0.1) is 28.5 Å². The lowest BCUT2D eigenvalue weighted by Gasteiger charge is -2.09. The van der Waals surface area contributed by atoms with Crippen LogP contribution in [0, 0.1) is 12.7 Å². The average Bonchev–Trinajstić information content (AvgIpc) is 3.36. The summed E-state index contributed by atoms with van der Waals surface area (Å²) < 4.78 is 17.2. The van der Waals surface area contributed by atoms with Crippen LogP contribution in [0.25, 0.3) is 22.2 Å². The van der Waals surface area contributed by atoms with Crippen LogP contribution in [0.3, 0.4) is 0 Å². The molecule has 3 aromatic heterocycles. The Morgan fingerprint density at radius 2 is 2.03 bits per heavy atom. The lowest BCUT2D eigenvalue weighted by Crippen LogP contribution is -2.16. The van der Waals surface area contributed by atoms with Gasteiger partial charge in [-0.3, -0.25) is 9.59 Å². The van der Waals surface area contributed by atoms with Crippen LogP contribution in [0.1, 0.15) is 16.2 Å². The first-order chi connectivity index (χ1) is 14.5. The summed E-state index contributed by atoms with van der Waals surface area (Å²) in [4.78, 5) is 27.9. The Morgan fingerprint density at radius 3 is 2.83 bits per heavy atom. The van der Waals surface area contributed by atoms with Gasteiger partial charge in [-0.25, -0.2) is 8.91 Å². The first-order valence-corrected chi connectivity index (χ1v) is 8.88. The van der Waals surface area contributed by atoms with Crippen LogP contribution in [0.2, 0.25) is 0 Å². The van der Waals surface area contributed by atoms with Crippen molar-refractivity contribution in [1.29, 1.82) is 0 Å². The fraction of sp³-hybridized carbons (Fsp3) is 0.0526. The molecule has 11 heteroatoms. The third-order valence-electron chi connectivity index (χ3n) is 4.69. The molecule has 2 N–H and O–H groups in total. The summed E-state index contributed by atoms with van der Waals surface area (Å²) in [6.45, 7) is 1.70. The maximum absolute atomic E-state index is 14.3. The standard InChI is InChI=1S/C19H13FN8O2/c1-10-24-25-26-27(10)11-6-7-14(20)15(8-11)22-19(30)13-9-21-28-16-5-3-2-4-12(16)18(29)23-17(13)28/h2-9H,1H3,(H,22,30)(H,23,29). The Balaban J connectivity index is 1.56. The van der Waals surface area contributed by atoms with E-state index in [2.05, 4.69) is 30.9 Å². The van der Waals surface area contributed by atoms with Crippen LogP contribution in [0.4, 0.5) is 10.1 Å². The molecule has 2 aromatic carbocycles. The number of aryl methyl sites for hydroxylation is 1. The molecular formula is C19H13FN8O2. The van der Waals surface area contributed by atoms with Crippen molar-refractivity contribution in [2.75, 3.05) is 5.32 Å². The highest BCUT2D eigenvalue weighted by molar-refractivity contribution is 6.08. The number of rotatable bonds is 3. The maximum Gasteiger partial charge on any atom is 0.261 e. The lowest BCUT2D eigenvalue weighted by molar-refractivity contribution is 0.102. The predicted molar refractivity (Wildman–Crippen MR) is 105 cm³/mol. The normalized spacial score (nSPS) is 11.3. The van der Waals surface area contributed by atoms with E-state index in [1.54, 1.807) is 31.2 Å². The molecule has 0 aliphatic rings. The summed E-state index contributed by atoms with van der Waals surface area (Å²) >= 11 is 0. The molecule has 0 saturated carbocycles. The fourth-order valence-electron chi connectivity index (χ4n) is 3.24. The van der Waals surface area contributed by atoms with E-state index in [1.165, 1.54) is 33.6 Å². The van der Waals surface area contributed by atoms with E-state index in [0.717, 1.165) is 0 Å². The molecule has 0 atom stereocenters. The second-order valence-electron chi connectivity index (χ2n) is 6.55. The molecule has 30 heavy (non-hydrogen) atoms. The molecule has 0 spiro atoms. The van der Waals surface area contributed by atoms with Gasteiger partial charge in [0.2, 0.25) is 0 Å². The monoisotopic (exact) mass is 404 g/mol. The largest absolute Gasteiger partial charge is 0.319 e. The fourth-order valence-corrected chi connectivity index (χ4v) is 3.24. The molecule has 0 saturated heterocycles. The molecule has 5 rings (SSSR count). The van der Waals surface area contributed by atoms with E-state index in [1.807, 2.05) is 0 Å². The van der Waals surface area contributed by atoms with Crippen molar-refractivity contribution in [3.05, 3.63) is 76.2 Å². The van der Waals surface area contributed by atoms with Crippen molar-refractivity contribution in [3.63, 3.8) is 0 Å². The molecule has 148 valence electrons. The third kappa shape index (κ3) is 2.71. The average molecular weight is 404 g/mol. The van der Waals surface area contributed by atoms with Crippen molar-refractivity contribution in [2.45, 2.75) is 6.92 Å². The van der Waals surface area contributed by atoms with Gasteiger partial charge >= 0.3 is 0 Å². The summed E-state index contributed by atoms with van der Waals surface area (Å²) in [5.41, 5.74) is 0.932. The zero-order chi connectivity index (χ0) is 20.8. The molecule has 5 aromatic rings. The number of halogens is 1. The lowest BCUT2D eigenvalue weighted by atomic mass is 10.2. The summed E-state index contributed by atoms with van der Waals surface area (Å²) in [7, 11) is 0. The number of anilines is 1. The summed E-state index contributed by atoms with van der Waals surface area (Å²) in [5, 5.41) is 18.3. The topological polar surface area (TPSA) is 123 Å². The summed E-state index contributed by atoms with van der Waals surface area (Å²) in [6.07, 6.45) is 1.32. The van der Waals surface area contributed by atoms with Gasteiger partial charge in [0.25, 0.3) is 11.5 Å². The van der Waals surface area contributed by atoms with Crippen molar-refractivity contribution in [1.82, 2.24) is 34.8 Å². The van der Waals surface area contributed by atoms with Crippen LogP contribution >= 0.6 is 0 Å². The van der Waals surface area contributed by atoms with Crippen LogP contribution in [-0.2, 0) is 0 Å². The molecule has 0 bridgehead atoms. The number of fused-ring (bicyclic) bond motifs is 3. The molecule has 0 unspecified atom stereocenters. The molecule has 0 aliphatic heterocycles. The van der Waals surface area contributed by atoms with Crippen LogP contribution in [0.5, 0.6) is 0 Å². The second kappa shape index (κ2) is 6.58. The summed E-state index contributed by atoms with van der Waals surface area (Å²) in [6, 6.07) is 11.0. The highest BCUT2D eigenvalue weighted by Gasteiger charge is 2.18. The van der Waals surface area contributed by atoms with Gasteiger partial charge in [-0.2, -0.15) is 9.78 Å². The molecule has 3 heterocycles. The Morgan fingerprint density at radius 1 is 1.20 bits per heavy atom. The Bertz CT molecular complexity index is 1500. The van der Waals surface area contributed by atoms with Crippen molar-refractivity contribution in [2.24, 2.45) is 0 Å². The van der Waals surface area contributed by atoms with Gasteiger partial charge in [-0.15, -0.1) is 5.10 Å². The van der Waals surface area contributed by atoms with Gasteiger partial charge in [0.15, 0.2) is 5.82 Å². The Hall–Kier alpha value is -4.41. The number of nitrogens with one attached hydrogen (secondary N) is 2. The molecule has 10 nitrogen and oxygen atoms in total. The Labute approximate surface area is 167 Å². The first kappa shape index (κ1) is 17.7. The van der Waals surface area contributed by atoms with Gasteiger partial charge in [0, 0.05) is 0 Å². The highest BCUT2D eigenvalue weighted by atomic mass is 19.1. The van der Waals surface area contributed by atoms with E-state index < -0.39 is 11.7 Å². The van der Waals surface area contributed by atoms with Crippen LogP contribution in [-0.4, -0.2) is 40.7 Å². The van der Waals surface area contributed by atoms with E-state index in [0.29, 0.717) is 22.4 Å². The summed E-state index contributed by atoms with van der Waals surface area (Å²) in [5.74, 6) is -0.750. The minimum Gasteiger partial charge on any atom is -0.319 e. The number of H-pyrrole nitrogens is 1. The zero-order valence-corrected chi connectivity index (χ0v) is 15.5. The molecule has 1 amide bonds. The number of benzene rings is 2. The maximum atomic E-state index is 14.3. The third-order valence-corrected chi connectivity index (χ3v) is 4.69. The van der Waals surface area contributed by atoms with Gasteiger partial charge < -0.3 is 10.3 Å². The Kier molecular flexibility index (Phi) is 3.88. The number of hydrogen-bond acceptors (Lipinski definition) is 6. The zero-order valence-electron chi connectivity index (χ0n) is 15.5. The van der Waals surface area contributed by atoms with Gasteiger partial charge in [-0.1, -0.05) is 12.1 Å². The number of tetrazole rings is 1. The van der Waals surface area contributed by atoms with E-state index in [9.17, 15) is 14.0 Å². The highest BCUT2D eigenvalue weighted by Crippen LogP contribution is 2.21. The quantitative estimate of drug-likeness (QED) is 0.473. The first-order valence-electron chi connectivity index (χ1n) is 8.88. The van der Waals surface area contributed by atoms with Gasteiger partial charge in [0.1, 0.15) is 17.0 Å². The van der Waals surface area contributed by atoms with Crippen LogP contribution < -0.4 is 10.9 Å². The van der Waals surface area contributed by atoms with E-state index in [4.69, 9.17) is 0 Å². The van der Waals surface area contributed by atoms with Gasteiger partial charge in [-0.05, 0) is 47.7 Å². The number of carbonyl (C=O) groups excluding carboxylic acids is 1. The number of nitrogens with zero attached hydrogens (tertiary/aromatic N) is 6. The van der Waals surface area contributed by atoms with Crippen molar-refractivity contribution in [3.8, 4) is 5.69 Å². The number of aromatic nitrogens is 7. The number of carbonyl (C=O) groups is 1. The van der Waals surface area contributed by atoms with E-state index in [-0.39, 0.29) is 22.5 Å². The molecule has 0 fully saturated rings. The van der Waals surface area contributed by atoms with Crippen molar-refractivity contribution < 1.29 is 9.18 Å².